The number of nitrogens with zero attached hydrogens (tertiary/aromatic N) is 3. The smallest absolute Gasteiger partial charge is 0.307 e. The maximum absolute atomic E-state index is 12.5. The topological polar surface area (TPSA) is 120 Å². The molecule has 2 amide bonds. The van der Waals surface area contributed by atoms with Crippen molar-refractivity contribution >= 4 is 34.8 Å². The van der Waals surface area contributed by atoms with E-state index >= 15 is 0 Å². The van der Waals surface area contributed by atoms with E-state index in [9.17, 15) is 24.5 Å². The van der Waals surface area contributed by atoms with Crippen LogP contribution in [0.25, 0.3) is 10.6 Å². The number of ether oxygens (including phenoxy) is 1. The van der Waals surface area contributed by atoms with Crippen LogP contribution in [-0.2, 0) is 16.1 Å². The first kappa shape index (κ1) is 20.4. The van der Waals surface area contributed by atoms with Crippen LogP contribution in [0.4, 0.5) is 5.69 Å². The number of esters is 1. The molecule has 0 unspecified atom stereocenters. The Balaban J connectivity index is 1.34. The van der Waals surface area contributed by atoms with E-state index in [1.165, 1.54) is 29.5 Å². The maximum Gasteiger partial charge on any atom is 0.307 e. The van der Waals surface area contributed by atoms with Gasteiger partial charge in [0.25, 0.3) is 17.5 Å². The van der Waals surface area contributed by atoms with E-state index in [4.69, 9.17) is 4.74 Å². The average molecular weight is 437 g/mol. The summed E-state index contributed by atoms with van der Waals surface area (Å²) >= 11 is 1.43. The summed E-state index contributed by atoms with van der Waals surface area (Å²) in [5.41, 5.74) is 0.835. The van der Waals surface area contributed by atoms with Crippen LogP contribution in [0.2, 0.25) is 0 Å². The molecule has 3 aromatic rings. The second kappa shape index (κ2) is 8.44. The van der Waals surface area contributed by atoms with Gasteiger partial charge in [-0.05, 0) is 6.07 Å². The Morgan fingerprint density at radius 3 is 2.61 bits per heavy atom. The molecule has 2 heterocycles. The number of hydrogen-bond acceptors (Lipinski definition) is 8. The van der Waals surface area contributed by atoms with Gasteiger partial charge in [-0.25, -0.2) is 4.98 Å². The lowest BCUT2D eigenvalue weighted by atomic mass is 10.1. The summed E-state index contributed by atoms with van der Waals surface area (Å²) in [6.45, 7) is -0.260. The molecule has 156 valence electrons. The molecule has 9 nitrogen and oxygen atoms in total. The molecular weight excluding hydrogens is 422 g/mol. The molecule has 4 rings (SSSR count). The summed E-state index contributed by atoms with van der Waals surface area (Å²) in [6, 6.07) is 13.5. The molecule has 0 saturated carbocycles. The number of thiazole rings is 1. The molecule has 0 bridgehead atoms. The molecule has 1 aromatic heterocycles. The van der Waals surface area contributed by atoms with Gasteiger partial charge in [0, 0.05) is 23.6 Å². The minimum absolute atomic E-state index is 0.0320. The second-order valence-corrected chi connectivity index (χ2v) is 7.50. The molecule has 2 aromatic carbocycles. The molecular formula is C21H15N3O6S. The van der Waals surface area contributed by atoms with Crippen molar-refractivity contribution in [1.29, 1.82) is 0 Å². The molecule has 1 aliphatic rings. The Hall–Kier alpha value is -3.92. The zero-order valence-corrected chi connectivity index (χ0v) is 16.8. The van der Waals surface area contributed by atoms with E-state index in [1.807, 2.05) is 30.3 Å². The number of nitro benzene ring substituents is 1. The number of hydrogen-bond donors (Lipinski definition) is 0. The quantitative estimate of drug-likeness (QED) is 0.240. The number of carbonyl (C=O) groups is 3. The van der Waals surface area contributed by atoms with E-state index in [-0.39, 0.29) is 30.7 Å². The highest BCUT2D eigenvalue weighted by molar-refractivity contribution is 7.13. The van der Waals surface area contributed by atoms with Crippen LogP contribution in [-0.4, -0.2) is 39.1 Å². The van der Waals surface area contributed by atoms with E-state index in [0.29, 0.717) is 5.69 Å². The highest BCUT2D eigenvalue weighted by Crippen LogP contribution is 2.30. The van der Waals surface area contributed by atoms with Crippen LogP contribution in [0.15, 0.2) is 53.9 Å². The normalized spacial score (nSPS) is 12.7. The molecule has 0 saturated heterocycles. The summed E-state index contributed by atoms with van der Waals surface area (Å²) in [4.78, 5) is 52.7. The van der Waals surface area contributed by atoms with Crippen molar-refractivity contribution in [3.63, 3.8) is 0 Å². The van der Waals surface area contributed by atoms with Crippen molar-refractivity contribution in [2.75, 3.05) is 6.54 Å². The Bertz CT molecular complexity index is 1190. The van der Waals surface area contributed by atoms with Crippen molar-refractivity contribution in [2.45, 2.75) is 13.0 Å². The van der Waals surface area contributed by atoms with Gasteiger partial charge in [-0.3, -0.25) is 29.4 Å². The van der Waals surface area contributed by atoms with Gasteiger partial charge in [0.05, 0.1) is 22.6 Å². The van der Waals surface area contributed by atoms with Crippen molar-refractivity contribution in [3.8, 4) is 10.6 Å². The lowest BCUT2D eigenvalue weighted by molar-refractivity contribution is -0.385. The molecule has 0 spiro atoms. The zero-order valence-electron chi connectivity index (χ0n) is 16.0. The Kier molecular flexibility index (Phi) is 5.54. The summed E-state index contributed by atoms with van der Waals surface area (Å²) in [6.07, 6.45) is -0.227. The van der Waals surface area contributed by atoms with Crippen LogP contribution in [0, 0.1) is 10.1 Å². The number of aromatic nitrogens is 1. The highest BCUT2D eigenvalue weighted by atomic mass is 32.1. The maximum atomic E-state index is 12.5. The summed E-state index contributed by atoms with van der Waals surface area (Å²) in [5, 5.41) is 13.7. The first-order valence-electron chi connectivity index (χ1n) is 9.24. The lowest BCUT2D eigenvalue weighted by Crippen LogP contribution is -2.32. The molecule has 0 radical (unpaired) electrons. The molecule has 0 aliphatic carbocycles. The van der Waals surface area contributed by atoms with Crippen molar-refractivity contribution in [1.82, 2.24) is 9.88 Å². The fraction of sp³-hybridized carbons (Fsp3) is 0.143. The number of fused-ring (bicyclic) bond motifs is 1. The van der Waals surface area contributed by atoms with E-state index < -0.39 is 28.4 Å². The Morgan fingerprint density at radius 1 is 1.10 bits per heavy atom. The third kappa shape index (κ3) is 4.05. The molecule has 31 heavy (non-hydrogen) atoms. The van der Waals surface area contributed by atoms with Gasteiger partial charge in [0.1, 0.15) is 17.2 Å². The Labute approximate surface area is 180 Å². The molecule has 10 heteroatoms. The van der Waals surface area contributed by atoms with Crippen molar-refractivity contribution in [3.05, 3.63) is 80.8 Å². The van der Waals surface area contributed by atoms with Gasteiger partial charge in [0.2, 0.25) is 0 Å². The molecule has 1 aliphatic heterocycles. The summed E-state index contributed by atoms with van der Waals surface area (Å²) in [7, 11) is 0. The standard InChI is InChI=1S/C21H15N3O6S/c25-17(30-11-14-12-31-19(22-14)13-5-2-1-3-6-13)9-10-23-20(26)15-7-4-8-16(24(28)29)18(15)21(23)27/h1-8,12H,9-11H2. The monoisotopic (exact) mass is 437 g/mol. The average Bonchev–Trinajstić information content (AvgIpc) is 3.35. The highest BCUT2D eigenvalue weighted by Gasteiger charge is 2.40. The van der Waals surface area contributed by atoms with Gasteiger partial charge in [-0.2, -0.15) is 0 Å². The predicted molar refractivity (Wildman–Crippen MR) is 110 cm³/mol. The predicted octanol–water partition coefficient (Wildman–Crippen LogP) is 3.45. The fourth-order valence-corrected chi connectivity index (χ4v) is 4.00. The van der Waals surface area contributed by atoms with Crippen LogP contribution in [0.5, 0.6) is 0 Å². The van der Waals surface area contributed by atoms with Gasteiger partial charge in [-0.1, -0.05) is 36.4 Å². The largest absolute Gasteiger partial charge is 0.459 e. The van der Waals surface area contributed by atoms with Gasteiger partial charge in [-0.15, -0.1) is 11.3 Å². The van der Waals surface area contributed by atoms with Crippen LogP contribution in [0.1, 0.15) is 32.8 Å². The van der Waals surface area contributed by atoms with Gasteiger partial charge >= 0.3 is 5.97 Å². The second-order valence-electron chi connectivity index (χ2n) is 6.64. The number of imide groups is 1. The number of rotatable bonds is 7. The van der Waals surface area contributed by atoms with E-state index in [1.54, 1.807) is 5.38 Å². The van der Waals surface area contributed by atoms with E-state index in [0.717, 1.165) is 15.5 Å². The molecule has 0 N–H and O–H groups in total. The van der Waals surface area contributed by atoms with Gasteiger partial charge < -0.3 is 4.74 Å². The Morgan fingerprint density at radius 2 is 1.87 bits per heavy atom. The molecule has 0 fully saturated rings. The minimum atomic E-state index is -0.785. The van der Waals surface area contributed by atoms with Crippen LogP contribution < -0.4 is 0 Å². The number of nitro groups is 1. The number of carbonyl (C=O) groups excluding carboxylic acids is 3. The molecule has 0 atom stereocenters. The van der Waals surface area contributed by atoms with Gasteiger partial charge in [0.15, 0.2) is 0 Å². The lowest BCUT2D eigenvalue weighted by Gasteiger charge is -2.12. The summed E-state index contributed by atoms with van der Waals surface area (Å²) < 4.78 is 5.19. The van der Waals surface area contributed by atoms with Crippen LogP contribution >= 0.6 is 11.3 Å². The third-order valence-corrected chi connectivity index (χ3v) is 5.61. The first-order chi connectivity index (χ1) is 15.0. The van der Waals surface area contributed by atoms with Crippen molar-refractivity contribution < 1.29 is 24.0 Å². The van der Waals surface area contributed by atoms with E-state index in [2.05, 4.69) is 4.98 Å². The first-order valence-corrected chi connectivity index (χ1v) is 10.1. The number of amides is 2. The third-order valence-electron chi connectivity index (χ3n) is 4.67. The zero-order chi connectivity index (χ0) is 22.0. The summed E-state index contributed by atoms with van der Waals surface area (Å²) in [5.74, 6) is -2.06. The SMILES string of the molecule is O=C(CCN1C(=O)c2cccc([N+](=O)[O-])c2C1=O)OCc1csc(-c2ccccc2)n1. The number of benzene rings is 2. The fourth-order valence-electron chi connectivity index (χ4n) is 3.19. The van der Waals surface area contributed by atoms with Crippen molar-refractivity contribution in [2.24, 2.45) is 0 Å². The minimum Gasteiger partial charge on any atom is -0.459 e. The van der Waals surface area contributed by atoms with Crippen LogP contribution in [0.3, 0.4) is 0 Å².